The Balaban J connectivity index is 2.76. The molecule has 1 aromatic rings. The molecule has 1 heterocycles. The summed E-state index contributed by atoms with van der Waals surface area (Å²) in [6.45, 7) is 6.04. The van der Waals surface area contributed by atoms with Crippen molar-refractivity contribution in [3.63, 3.8) is 0 Å². The molecule has 0 saturated heterocycles. The number of hydrogen-bond donors (Lipinski definition) is 2. The summed E-state index contributed by atoms with van der Waals surface area (Å²) >= 11 is 1.29. The number of ether oxygens (including phenoxy) is 1. The molecule has 1 rings (SSSR count). The monoisotopic (exact) mass is 293 g/mol. The maximum atomic E-state index is 12.0. The van der Waals surface area contributed by atoms with Gasteiger partial charge in [-0.2, -0.15) is 0 Å². The van der Waals surface area contributed by atoms with Crippen LogP contribution in [0.1, 0.15) is 23.6 Å². The molecule has 5 nitrogen and oxygen atoms in total. The average Bonchev–Trinajstić information content (AvgIpc) is 2.69. The molecule has 0 aliphatic rings. The third-order valence-corrected chi connectivity index (χ3v) is 5.09. The van der Waals surface area contributed by atoms with E-state index in [4.69, 9.17) is 9.84 Å². The minimum Gasteiger partial charge on any atom is -0.391 e. The summed E-state index contributed by atoms with van der Waals surface area (Å²) in [5, 5.41) is 9.00. The lowest BCUT2D eigenvalue weighted by Crippen LogP contribution is -2.32. The number of rotatable bonds is 7. The molecule has 7 heteroatoms. The fraction of sp³-hybridized carbons (Fsp3) is 0.636. The van der Waals surface area contributed by atoms with Crippen LogP contribution in [0.5, 0.6) is 0 Å². The normalized spacial score (nSPS) is 13.8. The Bertz CT molecular complexity index is 481. The third kappa shape index (κ3) is 4.03. The molecular formula is C11H19NO4S2. The van der Waals surface area contributed by atoms with Gasteiger partial charge in [0.05, 0.1) is 17.6 Å². The summed E-state index contributed by atoms with van der Waals surface area (Å²) in [5.41, 5.74) is 0. The first-order valence-corrected chi connectivity index (χ1v) is 8.02. The number of thiophene rings is 1. The van der Waals surface area contributed by atoms with Gasteiger partial charge in [-0.25, -0.2) is 13.1 Å². The van der Waals surface area contributed by atoms with Crippen molar-refractivity contribution in [3.05, 3.63) is 15.8 Å². The van der Waals surface area contributed by atoms with Gasteiger partial charge >= 0.3 is 0 Å². The Hall–Kier alpha value is -0.470. The van der Waals surface area contributed by atoms with Gasteiger partial charge in [0.1, 0.15) is 0 Å². The molecule has 0 spiro atoms. The molecule has 0 aliphatic heterocycles. The second kappa shape index (κ2) is 6.63. The van der Waals surface area contributed by atoms with Gasteiger partial charge in [-0.05, 0) is 26.8 Å². The van der Waals surface area contributed by atoms with Crippen molar-refractivity contribution in [3.8, 4) is 0 Å². The second-order valence-corrected chi connectivity index (χ2v) is 6.99. The zero-order valence-corrected chi connectivity index (χ0v) is 12.4. The number of sulfonamides is 1. The molecule has 0 amide bonds. The van der Waals surface area contributed by atoms with Gasteiger partial charge in [0.15, 0.2) is 0 Å². The fourth-order valence-corrected chi connectivity index (χ4v) is 4.13. The van der Waals surface area contributed by atoms with Crippen LogP contribution >= 0.6 is 11.3 Å². The van der Waals surface area contributed by atoms with Gasteiger partial charge < -0.3 is 9.84 Å². The molecule has 0 fully saturated rings. The van der Waals surface area contributed by atoms with Crippen LogP contribution in [-0.4, -0.2) is 32.8 Å². The first kappa shape index (κ1) is 15.6. The molecule has 0 radical (unpaired) electrons. The summed E-state index contributed by atoms with van der Waals surface area (Å²) in [5.74, 6) is 0. The van der Waals surface area contributed by atoms with E-state index < -0.39 is 10.0 Å². The van der Waals surface area contributed by atoms with Crippen molar-refractivity contribution in [2.45, 2.75) is 38.4 Å². The molecule has 1 unspecified atom stereocenters. The standard InChI is InChI=1S/C11H19NO4S2/c1-4-16-8(2)6-12-18(14,15)11-5-10(7-13)17-9(11)3/h5,8,12-13H,4,6-7H2,1-3H3. The van der Waals surface area contributed by atoms with Crippen molar-refractivity contribution in [1.82, 2.24) is 4.72 Å². The lowest BCUT2D eigenvalue weighted by Gasteiger charge is -2.12. The highest BCUT2D eigenvalue weighted by Crippen LogP contribution is 2.25. The molecule has 0 aromatic carbocycles. The quantitative estimate of drug-likeness (QED) is 0.793. The van der Waals surface area contributed by atoms with E-state index in [1.165, 1.54) is 17.4 Å². The van der Waals surface area contributed by atoms with Crippen LogP contribution in [-0.2, 0) is 21.4 Å². The predicted molar refractivity (Wildman–Crippen MR) is 71.3 cm³/mol. The maximum absolute atomic E-state index is 12.0. The van der Waals surface area contributed by atoms with Gasteiger partial charge in [0.2, 0.25) is 10.0 Å². The van der Waals surface area contributed by atoms with Gasteiger partial charge in [-0.3, -0.25) is 0 Å². The Labute approximate surface area is 112 Å². The average molecular weight is 293 g/mol. The van der Waals surface area contributed by atoms with Crippen LogP contribution in [0.25, 0.3) is 0 Å². The molecule has 0 bridgehead atoms. The van der Waals surface area contributed by atoms with Crippen molar-refractivity contribution in [2.75, 3.05) is 13.2 Å². The first-order chi connectivity index (χ1) is 8.40. The largest absolute Gasteiger partial charge is 0.391 e. The molecule has 18 heavy (non-hydrogen) atoms. The Morgan fingerprint density at radius 2 is 2.22 bits per heavy atom. The van der Waals surface area contributed by atoms with Gasteiger partial charge in [0.25, 0.3) is 0 Å². The minimum atomic E-state index is -3.52. The number of aliphatic hydroxyl groups is 1. The van der Waals surface area contributed by atoms with E-state index in [1.54, 1.807) is 6.92 Å². The summed E-state index contributed by atoms with van der Waals surface area (Å²) in [6, 6.07) is 1.51. The van der Waals surface area contributed by atoms with Crippen LogP contribution < -0.4 is 4.72 Å². The van der Waals surface area contributed by atoms with E-state index in [0.717, 1.165) is 0 Å². The van der Waals surface area contributed by atoms with E-state index in [2.05, 4.69) is 4.72 Å². The molecule has 1 aromatic heterocycles. The number of aryl methyl sites for hydroxylation is 1. The Kier molecular flexibility index (Phi) is 5.74. The van der Waals surface area contributed by atoms with E-state index in [9.17, 15) is 8.42 Å². The van der Waals surface area contributed by atoms with E-state index >= 15 is 0 Å². The van der Waals surface area contributed by atoms with Crippen LogP contribution in [0.2, 0.25) is 0 Å². The minimum absolute atomic E-state index is 0.142. The zero-order valence-electron chi connectivity index (χ0n) is 10.8. The lowest BCUT2D eigenvalue weighted by molar-refractivity contribution is 0.0799. The third-order valence-electron chi connectivity index (χ3n) is 2.38. The zero-order chi connectivity index (χ0) is 13.8. The lowest BCUT2D eigenvalue weighted by atomic mass is 10.4. The number of aliphatic hydroxyl groups excluding tert-OH is 1. The van der Waals surface area contributed by atoms with Crippen molar-refractivity contribution >= 4 is 21.4 Å². The SMILES string of the molecule is CCOC(C)CNS(=O)(=O)c1cc(CO)sc1C. The Morgan fingerprint density at radius 1 is 1.56 bits per heavy atom. The molecule has 0 saturated carbocycles. The van der Waals surface area contributed by atoms with E-state index in [1.807, 2.05) is 13.8 Å². The first-order valence-electron chi connectivity index (χ1n) is 5.72. The predicted octanol–water partition coefficient (Wildman–Crippen LogP) is 1.25. The van der Waals surface area contributed by atoms with Gasteiger partial charge in [0, 0.05) is 22.9 Å². The molecule has 104 valence electrons. The van der Waals surface area contributed by atoms with E-state index in [-0.39, 0.29) is 24.2 Å². The number of nitrogens with one attached hydrogen (secondary N) is 1. The summed E-state index contributed by atoms with van der Waals surface area (Å²) in [7, 11) is -3.52. The molecule has 0 aliphatic carbocycles. The van der Waals surface area contributed by atoms with Crippen LogP contribution in [0, 0.1) is 6.92 Å². The second-order valence-electron chi connectivity index (χ2n) is 3.91. The molecule has 1 atom stereocenters. The van der Waals surface area contributed by atoms with Gasteiger partial charge in [-0.1, -0.05) is 0 Å². The summed E-state index contributed by atoms with van der Waals surface area (Å²) in [6.07, 6.45) is -0.166. The smallest absolute Gasteiger partial charge is 0.241 e. The topological polar surface area (TPSA) is 75.6 Å². The summed E-state index contributed by atoms with van der Waals surface area (Å²) < 4.78 is 31.9. The van der Waals surface area contributed by atoms with Gasteiger partial charge in [-0.15, -0.1) is 11.3 Å². The highest BCUT2D eigenvalue weighted by molar-refractivity contribution is 7.89. The van der Waals surface area contributed by atoms with Crippen molar-refractivity contribution in [2.24, 2.45) is 0 Å². The van der Waals surface area contributed by atoms with Crippen molar-refractivity contribution in [1.29, 1.82) is 0 Å². The fourth-order valence-electron chi connectivity index (χ4n) is 1.52. The van der Waals surface area contributed by atoms with Crippen LogP contribution in [0.15, 0.2) is 11.0 Å². The van der Waals surface area contributed by atoms with Crippen LogP contribution in [0.3, 0.4) is 0 Å². The molecule has 2 N–H and O–H groups in total. The highest BCUT2D eigenvalue weighted by Gasteiger charge is 2.20. The summed E-state index contributed by atoms with van der Waals surface area (Å²) in [4.78, 5) is 1.56. The van der Waals surface area contributed by atoms with Crippen molar-refractivity contribution < 1.29 is 18.3 Å². The Morgan fingerprint density at radius 3 is 2.72 bits per heavy atom. The van der Waals surface area contributed by atoms with E-state index in [0.29, 0.717) is 16.4 Å². The van der Waals surface area contributed by atoms with Crippen LogP contribution in [0.4, 0.5) is 0 Å². The molecular weight excluding hydrogens is 274 g/mol. The maximum Gasteiger partial charge on any atom is 0.241 e. The highest BCUT2D eigenvalue weighted by atomic mass is 32.2. The number of hydrogen-bond acceptors (Lipinski definition) is 5.